The molecule has 2 atom stereocenters. The monoisotopic (exact) mass is 440 g/mol. The molecule has 0 radical (unpaired) electrons. The SMILES string of the molecule is CCCCOC(=O)[C@@](C)(O)[C@H]1CCc2cc(OS(=O)(=O)C(F)(F)F)c(C)cc2O1. The van der Waals surface area contributed by atoms with Crippen LogP contribution in [0.2, 0.25) is 0 Å². The molecule has 29 heavy (non-hydrogen) atoms. The van der Waals surface area contributed by atoms with E-state index in [0.29, 0.717) is 12.0 Å². The van der Waals surface area contributed by atoms with Crippen LogP contribution in [0, 0.1) is 6.92 Å². The Hall–Kier alpha value is -2.01. The molecule has 0 aromatic heterocycles. The number of hydrogen-bond donors (Lipinski definition) is 1. The van der Waals surface area contributed by atoms with Gasteiger partial charge in [0.05, 0.1) is 6.61 Å². The van der Waals surface area contributed by atoms with E-state index < -0.39 is 39.1 Å². The maximum Gasteiger partial charge on any atom is 0.534 e. The van der Waals surface area contributed by atoms with Crippen LogP contribution in [0.1, 0.15) is 44.2 Å². The summed E-state index contributed by atoms with van der Waals surface area (Å²) in [6, 6.07) is 2.46. The Morgan fingerprint density at radius 3 is 2.59 bits per heavy atom. The minimum atomic E-state index is -5.80. The van der Waals surface area contributed by atoms with Gasteiger partial charge in [0, 0.05) is 0 Å². The van der Waals surface area contributed by atoms with Crippen molar-refractivity contribution in [2.24, 2.45) is 0 Å². The third kappa shape index (κ3) is 5.13. The summed E-state index contributed by atoms with van der Waals surface area (Å²) in [5, 5.41) is 10.6. The van der Waals surface area contributed by atoms with E-state index in [4.69, 9.17) is 9.47 Å². The number of benzene rings is 1. The predicted molar refractivity (Wildman–Crippen MR) is 96.0 cm³/mol. The van der Waals surface area contributed by atoms with Crippen LogP contribution >= 0.6 is 0 Å². The van der Waals surface area contributed by atoms with Crippen molar-refractivity contribution in [1.29, 1.82) is 0 Å². The van der Waals surface area contributed by atoms with Crippen molar-refractivity contribution >= 4 is 16.1 Å². The van der Waals surface area contributed by atoms with Crippen molar-refractivity contribution in [3.05, 3.63) is 23.3 Å². The molecule has 0 bridgehead atoms. The van der Waals surface area contributed by atoms with Crippen LogP contribution in [0.25, 0.3) is 0 Å². The van der Waals surface area contributed by atoms with Gasteiger partial charge in [0.2, 0.25) is 0 Å². The molecule has 1 heterocycles. The minimum Gasteiger partial charge on any atom is -0.486 e. The molecule has 11 heteroatoms. The Labute approximate surface area is 166 Å². The quantitative estimate of drug-likeness (QED) is 0.301. The molecular formula is C18H23F3O7S. The highest BCUT2D eigenvalue weighted by atomic mass is 32.2. The normalized spacial score (nSPS) is 18.9. The Morgan fingerprint density at radius 2 is 2.00 bits per heavy atom. The summed E-state index contributed by atoms with van der Waals surface area (Å²) in [4.78, 5) is 12.2. The maximum absolute atomic E-state index is 12.5. The molecule has 0 saturated carbocycles. The van der Waals surface area contributed by atoms with E-state index in [9.17, 15) is 31.5 Å². The van der Waals surface area contributed by atoms with Crippen LogP contribution in [0.5, 0.6) is 11.5 Å². The summed E-state index contributed by atoms with van der Waals surface area (Å²) in [5.41, 5.74) is -6.99. The van der Waals surface area contributed by atoms with Crippen molar-refractivity contribution in [2.75, 3.05) is 6.61 Å². The second-order valence-electron chi connectivity index (χ2n) is 6.99. The molecule has 0 saturated heterocycles. The van der Waals surface area contributed by atoms with Gasteiger partial charge in [-0.3, -0.25) is 0 Å². The average molecular weight is 440 g/mol. The molecular weight excluding hydrogens is 417 g/mol. The maximum atomic E-state index is 12.5. The Morgan fingerprint density at radius 1 is 1.34 bits per heavy atom. The molecule has 1 aliphatic rings. The number of unbranched alkanes of at least 4 members (excludes halogenated alkanes) is 1. The third-order valence-electron chi connectivity index (χ3n) is 4.56. The fourth-order valence-corrected chi connectivity index (χ4v) is 3.26. The molecule has 7 nitrogen and oxygen atoms in total. The molecule has 1 aromatic rings. The number of ether oxygens (including phenoxy) is 2. The number of hydrogen-bond acceptors (Lipinski definition) is 7. The topological polar surface area (TPSA) is 99.1 Å². The third-order valence-corrected chi connectivity index (χ3v) is 5.52. The second kappa shape index (κ2) is 8.39. The van der Waals surface area contributed by atoms with Gasteiger partial charge >= 0.3 is 21.6 Å². The number of esters is 1. The summed E-state index contributed by atoms with van der Waals surface area (Å²) < 4.78 is 75.1. The van der Waals surface area contributed by atoms with E-state index in [1.165, 1.54) is 19.9 Å². The van der Waals surface area contributed by atoms with Gasteiger partial charge in [-0.2, -0.15) is 21.6 Å². The van der Waals surface area contributed by atoms with Crippen molar-refractivity contribution in [3.8, 4) is 11.5 Å². The molecule has 164 valence electrons. The van der Waals surface area contributed by atoms with E-state index in [2.05, 4.69) is 4.18 Å². The first-order valence-electron chi connectivity index (χ1n) is 9.00. The second-order valence-corrected chi connectivity index (χ2v) is 8.53. The zero-order valence-corrected chi connectivity index (χ0v) is 17.0. The van der Waals surface area contributed by atoms with Gasteiger partial charge in [0.15, 0.2) is 5.60 Å². The fourth-order valence-electron chi connectivity index (χ4n) is 2.75. The van der Waals surface area contributed by atoms with Gasteiger partial charge < -0.3 is 18.8 Å². The Balaban J connectivity index is 2.19. The number of carbonyl (C=O) groups excluding carboxylic acids is 1. The lowest BCUT2D eigenvalue weighted by atomic mass is 9.90. The van der Waals surface area contributed by atoms with Gasteiger partial charge in [0.1, 0.15) is 17.6 Å². The van der Waals surface area contributed by atoms with Gasteiger partial charge in [-0.1, -0.05) is 13.3 Å². The summed E-state index contributed by atoms with van der Waals surface area (Å²) >= 11 is 0. The van der Waals surface area contributed by atoms with Crippen molar-refractivity contribution < 1.29 is 45.1 Å². The number of aryl methyl sites for hydroxylation is 2. The van der Waals surface area contributed by atoms with E-state index in [1.54, 1.807) is 0 Å². The Bertz CT molecular complexity index is 863. The molecule has 0 fully saturated rings. The molecule has 0 unspecified atom stereocenters. The molecule has 0 amide bonds. The molecule has 0 spiro atoms. The van der Waals surface area contributed by atoms with Gasteiger partial charge in [-0.25, -0.2) is 4.79 Å². The van der Waals surface area contributed by atoms with Crippen molar-refractivity contribution in [2.45, 2.75) is 63.7 Å². The number of rotatable bonds is 7. The first kappa shape index (κ1) is 23.3. The molecule has 0 aliphatic carbocycles. The predicted octanol–water partition coefficient (Wildman–Crippen LogP) is 3.01. The highest BCUT2D eigenvalue weighted by Crippen LogP contribution is 2.38. The Kier molecular flexibility index (Phi) is 6.73. The molecule has 2 rings (SSSR count). The summed E-state index contributed by atoms with van der Waals surface area (Å²) in [5.74, 6) is -1.07. The zero-order chi connectivity index (χ0) is 22.0. The number of aliphatic hydroxyl groups is 1. The highest BCUT2D eigenvalue weighted by Gasteiger charge is 2.49. The average Bonchev–Trinajstić information content (AvgIpc) is 2.60. The van der Waals surface area contributed by atoms with Crippen LogP contribution in [-0.4, -0.2) is 43.3 Å². The van der Waals surface area contributed by atoms with Crippen LogP contribution in [0.15, 0.2) is 12.1 Å². The summed E-state index contributed by atoms with van der Waals surface area (Å²) in [7, 11) is -5.80. The number of halogens is 3. The lowest BCUT2D eigenvalue weighted by molar-refractivity contribution is -0.174. The number of fused-ring (bicyclic) bond motifs is 1. The number of alkyl halides is 3. The minimum absolute atomic E-state index is 0.0855. The van der Waals surface area contributed by atoms with Gasteiger partial charge in [-0.15, -0.1) is 0 Å². The zero-order valence-electron chi connectivity index (χ0n) is 16.2. The van der Waals surface area contributed by atoms with Crippen molar-refractivity contribution in [3.63, 3.8) is 0 Å². The van der Waals surface area contributed by atoms with Crippen LogP contribution in [0.4, 0.5) is 13.2 Å². The molecule has 1 N–H and O–H groups in total. The number of carbonyl (C=O) groups is 1. The standard InChI is InChI=1S/C18H23F3O7S/c1-4-5-8-26-16(22)17(3,23)15-7-6-12-10-13(11(2)9-14(12)27-15)28-29(24,25)18(19,20)21/h9-10,15,23H,4-8H2,1-3H3/t15-,17+/m1/s1. The van der Waals surface area contributed by atoms with E-state index in [1.807, 2.05) is 6.92 Å². The van der Waals surface area contributed by atoms with Crippen LogP contribution in [-0.2, 0) is 26.1 Å². The summed E-state index contributed by atoms with van der Waals surface area (Å²) in [6.45, 7) is 4.72. The highest BCUT2D eigenvalue weighted by molar-refractivity contribution is 7.88. The lowest BCUT2D eigenvalue weighted by Crippen LogP contribution is -2.52. The van der Waals surface area contributed by atoms with E-state index in [0.717, 1.165) is 12.5 Å². The first-order valence-corrected chi connectivity index (χ1v) is 10.4. The van der Waals surface area contributed by atoms with Crippen LogP contribution < -0.4 is 8.92 Å². The lowest BCUT2D eigenvalue weighted by Gasteiger charge is -2.35. The fraction of sp³-hybridized carbons (Fsp3) is 0.611. The van der Waals surface area contributed by atoms with Crippen LogP contribution in [0.3, 0.4) is 0 Å². The molecule has 1 aromatic carbocycles. The first-order chi connectivity index (χ1) is 13.3. The summed E-state index contributed by atoms with van der Waals surface area (Å²) in [6.07, 6.45) is 0.919. The van der Waals surface area contributed by atoms with E-state index in [-0.39, 0.29) is 30.8 Å². The smallest absolute Gasteiger partial charge is 0.486 e. The van der Waals surface area contributed by atoms with Gasteiger partial charge in [0.25, 0.3) is 0 Å². The van der Waals surface area contributed by atoms with E-state index >= 15 is 0 Å². The molecule has 1 aliphatic heterocycles. The van der Waals surface area contributed by atoms with Crippen molar-refractivity contribution in [1.82, 2.24) is 0 Å². The largest absolute Gasteiger partial charge is 0.534 e. The van der Waals surface area contributed by atoms with Gasteiger partial charge in [-0.05, 0) is 56.4 Å².